The maximum atomic E-state index is 5.70. The van der Waals surface area contributed by atoms with Gasteiger partial charge in [-0.2, -0.15) is 0 Å². The van der Waals surface area contributed by atoms with Gasteiger partial charge in [0.2, 0.25) is 0 Å². The molecule has 0 amide bonds. The number of hydrogen-bond acceptors (Lipinski definition) is 3. The van der Waals surface area contributed by atoms with Gasteiger partial charge < -0.3 is 19.9 Å². The fraction of sp³-hybridized carbons (Fsp3) is 0.417. The number of para-hydroxylation sites is 2. The number of guanidine groups is 1. The molecule has 0 aliphatic heterocycles. The second-order valence-corrected chi connectivity index (χ2v) is 7.69. The minimum Gasteiger partial charge on any atom is -0.374 e. The van der Waals surface area contributed by atoms with E-state index in [9.17, 15) is 0 Å². The van der Waals surface area contributed by atoms with E-state index in [2.05, 4.69) is 88.4 Å². The van der Waals surface area contributed by atoms with Crippen LogP contribution in [0.25, 0.3) is 11.0 Å². The van der Waals surface area contributed by atoms with E-state index < -0.39 is 0 Å². The summed E-state index contributed by atoms with van der Waals surface area (Å²) >= 11 is 0. The van der Waals surface area contributed by atoms with Crippen molar-refractivity contribution in [2.75, 3.05) is 13.6 Å². The zero-order valence-corrected chi connectivity index (χ0v) is 21.2. The summed E-state index contributed by atoms with van der Waals surface area (Å²) < 4.78 is 7.97. The molecule has 0 aliphatic rings. The Kier molecular flexibility index (Phi) is 10.3. The Balaban J connectivity index is 0.00000341. The number of hydrogen-bond donors (Lipinski definition) is 2. The average Bonchev–Trinajstić information content (AvgIpc) is 3.07. The molecule has 0 atom stereocenters. The van der Waals surface area contributed by atoms with Crippen LogP contribution < -0.4 is 10.6 Å². The van der Waals surface area contributed by atoms with Crippen molar-refractivity contribution in [2.45, 2.75) is 53.0 Å². The fourth-order valence-corrected chi connectivity index (χ4v) is 3.42. The number of benzene rings is 2. The smallest absolute Gasteiger partial charge is 0.191 e. The third-order valence-electron chi connectivity index (χ3n) is 4.95. The quantitative estimate of drug-likeness (QED) is 0.181. The summed E-state index contributed by atoms with van der Waals surface area (Å²) in [5.74, 6) is 1.87. The lowest BCUT2D eigenvalue weighted by Gasteiger charge is -2.13. The summed E-state index contributed by atoms with van der Waals surface area (Å²) in [5, 5.41) is 6.80. The summed E-state index contributed by atoms with van der Waals surface area (Å²) in [7, 11) is 1.80. The van der Waals surface area contributed by atoms with Crippen LogP contribution in [0.2, 0.25) is 0 Å². The molecule has 0 bridgehead atoms. The van der Waals surface area contributed by atoms with Crippen LogP contribution in [-0.2, 0) is 24.4 Å². The standard InChI is InChI=1S/C24H33N5O.HI/c1-18(2)30-17-21-10-7-9-20(15-21)16-27-24(25-4)26-13-8-14-29-19(3)28-22-11-5-6-12-23(22)29;/h5-7,9-12,15,18H,8,13-14,16-17H2,1-4H3,(H2,25,26,27);1H. The molecule has 0 saturated carbocycles. The van der Waals surface area contributed by atoms with Crippen molar-refractivity contribution in [3.63, 3.8) is 0 Å². The number of rotatable bonds is 9. The van der Waals surface area contributed by atoms with Gasteiger partial charge >= 0.3 is 0 Å². The SMILES string of the molecule is CN=C(NCCCn1c(C)nc2ccccc21)NCc1cccc(COC(C)C)c1.I. The molecule has 6 nitrogen and oxygen atoms in total. The second kappa shape index (κ2) is 12.7. The Hall–Kier alpha value is -2.13. The van der Waals surface area contributed by atoms with E-state index in [-0.39, 0.29) is 30.1 Å². The van der Waals surface area contributed by atoms with E-state index in [1.807, 2.05) is 6.07 Å². The van der Waals surface area contributed by atoms with Gasteiger partial charge in [-0.05, 0) is 50.5 Å². The Labute approximate surface area is 202 Å². The molecule has 0 radical (unpaired) electrons. The highest BCUT2D eigenvalue weighted by atomic mass is 127. The highest BCUT2D eigenvalue weighted by Crippen LogP contribution is 2.15. The van der Waals surface area contributed by atoms with Crippen LogP contribution in [0.4, 0.5) is 0 Å². The van der Waals surface area contributed by atoms with Gasteiger partial charge in [-0.1, -0.05) is 36.4 Å². The minimum absolute atomic E-state index is 0. The Bertz CT molecular complexity index is 983. The maximum Gasteiger partial charge on any atom is 0.191 e. The highest BCUT2D eigenvalue weighted by Gasteiger charge is 2.06. The topological polar surface area (TPSA) is 63.5 Å². The molecule has 3 rings (SSSR count). The molecule has 3 aromatic rings. The third kappa shape index (κ3) is 7.50. The van der Waals surface area contributed by atoms with Crippen molar-refractivity contribution in [2.24, 2.45) is 4.99 Å². The van der Waals surface area contributed by atoms with Crippen LogP contribution in [0.15, 0.2) is 53.5 Å². The Morgan fingerprint density at radius 1 is 1.10 bits per heavy atom. The number of aromatic nitrogens is 2. The van der Waals surface area contributed by atoms with E-state index >= 15 is 0 Å². The molecule has 1 aromatic heterocycles. The van der Waals surface area contributed by atoms with E-state index in [1.54, 1.807) is 7.05 Å². The first-order valence-electron chi connectivity index (χ1n) is 10.6. The Morgan fingerprint density at radius 2 is 1.87 bits per heavy atom. The van der Waals surface area contributed by atoms with Gasteiger partial charge in [0.1, 0.15) is 5.82 Å². The first-order chi connectivity index (χ1) is 14.6. The zero-order valence-electron chi connectivity index (χ0n) is 18.9. The van der Waals surface area contributed by atoms with Crippen molar-refractivity contribution in [1.82, 2.24) is 20.2 Å². The molecule has 2 N–H and O–H groups in total. The molecule has 0 spiro atoms. The summed E-state index contributed by atoms with van der Waals surface area (Å²) in [6, 6.07) is 16.8. The number of fused-ring (bicyclic) bond motifs is 1. The van der Waals surface area contributed by atoms with Gasteiger partial charge in [0.15, 0.2) is 5.96 Å². The van der Waals surface area contributed by atoms with Crippen molar-refractivity contribution in [1.29, 1.82) is 0 Å². The largest absolute Gasteiger partial charge is 0.374 e. The molecule has 2 aromatic carbocycles. The van der Waals surface area contributed by atoms with Crippen molar-refractivity contribution in [3.05, 3.63) is 65.5 Å². The van der Waals surface area contributed by atoms with Gasteiger partial charge in [-0.3, -0.25) is 4.99 Å². The number of ether oxygens (including phenoxy) is 1. The van der Waals surface area contributed by atoms with Gasteiger partial charge in [0, 0.05) is 26.7 Å². The minimum atomic E-state index is 0. The zero-order chi connectivity index (χ0) is 21.3. The molecule has 7 heteroatoms. The van der Waals surface area contributed by atoms with Crippen molar-refractivity contribution < 1.29 is 4.74 Å². The van der Waals surface area contributed by atoms with Gasteiger partial charge in [0.25, 0.3) is 0 Å². The first-order valence-corrected chi connectivity index (χ1v) is 10.6. The van der Waals surface area contributed by atoms with Gasteiger partial charge in [0.05, 0.1) is 23.7 Å². The van der Waals surface area contributed by atoms with Crippen molar-refractivity contribution >= 4 is 41.0 Å². The van der Waals surface area contributed by atoms with Crippen LogP contribution in [-0.4, -0.2) is 35.2 Å². The van der Waals surface area contributed by atoms with E-state index in [1.165, 1.54) is 16.6 Å². The lowest BCUT2D eigenvalue weighted by Crippen LogP contribution is -2.37. The maximum absolute atomic E-state index is 5.70. The lowest BCUT2D eigenvalue weighted by molar-refractivity contribution is 0.0657. The lowest BCUT2D eigenvalue weighted by atomic mass is 10.1. The highest BCUT2D eigenvalue weighted by molar-refractivity contribution is 14.0. The summed E-state index contributed by atoms with van der Waals surface area (Å²) in [6.45, 7) is 9.30. The number of nitrogens with one attached hydrogen (secondary N) is 2. The summed E-state index contributed by atoms with van der Waals surface area (Å²) in [6.07, 6.45) is 1.23. The average molecular weight is 535 g/mol. The molecule has 0 aliphatic carbocycles. The number of aliphatic imine (C=N–C) groups is 1. The summed E-state index contributed by atoms with van der Waals surface area (Å²) in [4.78, 5) is 8.97. The number of halogens is 1. The van der Waals surface area contributed by atoms with Crippen LogP contribution in [0.5, 0.6) is 0 Å². The fourth-order valence-electron chi connectivity index (χ4n) is 3.42. The second-order valence-electron chi connectivity index (χ2n) is 7.69. The molecule has 0 unspecified atom stereocenters. The van der Waals surface area contributed by atoms with Crippen LogP contribution in [0, 0.1) is 6.92 Å². The van der Waals surface area contributed by atoms with E-state index in [4.69, 9.17) is 4.74 Å². The summed E-state index contributed by atoms with van der Waals surface area (Å²) in [5.41, 5.74) is 4.65. The molecule has 0 fully saturated rings. The number of aryl methyl sites for hydroxylation is 2. The molecular weight excluding hydrogens is 501 g/mol. The predicted octanol–water partition coefficient (Wildman–Crippen LogP) is 4.64. The molecular formula is C24H34IN5O. The van der Waals surface area contributed by atoms with Crippen molar-refractivity contribution in [3.8, 4) is 0 Å². The van der Waals surface area contributed by atoms with Gasteiger partial charge in [-0.15, -0.1) is 24.0 Å². The predicted molar refractivity (Wildman–Crippen MR) is 139 cm³/mol. The Morgan fingerprint density at radius 3 is 2.65 bits per heavy atom. The monoisotopic (exact) mass is 535 g/mol. The molecule has 168 valence electrons. The van der Waals surface area contributed by atoms with Crippen LogP contribution >= 0.6 is 24.0 Å². The number of imidazole rings is 1. The van der Waals surface area contributed by atoms with E-state index in [0.29, 0.717) is 6.61 Å². The van der Waals surface area contributed by atoms with Crippen LogP contribution in [0.3, 0.4) is 0 Å². The third-order valence-corrected chi connectivity index (χ3v) is 4.95. The molecule has 1 heterocycles. The normalized spacial score (nSPS) is 11.6. The van der Waals surface area contributed by atoms with Gasteiger partial charge in [-0.25, -0.2) is 4.98 Å². The van der Waals surface area contributed by atoms with E-state index in [0.717, 1.165) is 43.4 Å². The molecule has 31 heavy (non-hydrogen) atoms. The van der Waals surface area contributed by atoms with Crippen LogP contribution in [0.1, 0.15) is 37.2 Å². The molecule has 0 saturated heterocycles. The first kappa shape index (κ1) is 25.1. The number of nitrogens with zero attached hydrogens (tertiary/aromatic N) is 3.